The lowest BCUT2D eigenvalue weighted by Gasteiger charge is -2.38. The van der Waals surface area contributed by atoms with E-state index in [1.165, 1.54) is 44.1 Å². The van der Waals surface area contributed by atoms with E-state index in [0.717, 1.165) is 11.8 Å². The molecule has 2 saturated carbocycles. The Morgan fingerprint density at radius 2 is 1.67 bits per heavy atom. The molecule has 3 rings (SSSR count). The average Bonchev–Trinajstić information content (AvgIpc) is 3.29. The normalized spacial score (nSPS) is 28.3. The van der Waals surface area contributed by atoms with Crippen molar-refractivity contribution in [2.45, 2.75) is 71.4 Å². The van der Waals surface area contributed by atoms with Gasteiger partial charge in [0.15, 0.2) is 0 Å². The molecule has 116 valence electrons. The van der Waals surface area contributed by atoms with Crippen LogP contribution >= 0.6 is 0 Å². The third-order valence-corrected chi connectivity index (χ3v) is 5.40. The quantitative estimate of drug-likeness (QED) is 0.788. The molecule has 21 heavy (non-hydrogen) atoms. The summed E-state index contributed by atoms with van der Waals surface area (Å²) >= 11 is 0. The molecule has 0 saturated heterocycles. The van der Waals surface area contributed by atoms with Crippen molar-refractivity contribution in [1.29, 1.82) is 0 Å². The molecule has 1 nitrogen and oxygen atoms in total. The Hall–Kier alpha value is -0.820. The maximum absolute atomic E-state index is 4.02. The van der Waals surface area contributed by atoms with Gasteiger partial charge in [-0.1, -0.05) is 63.9 Å². The van der Waals surface area contributed by atoms with Crippen LogP contribution in [0.4, 0.5) is 0 Å². The molecule has 1 heteroatoms. The fourth-order valence-corrected chi connectivity index (χ4v) is 4.10. The van der Waals surface area contributed by atoms with Crippen molar-refractivity contribution in [3.8, 4) is 0 Å². The van der Waals surface area contributed by atoms with Crippen molar-refractivity contribution in [2.24, 2.45) is 17.3 Å². The van der Waals surface area contributed by atoms with Crippen LogP contribution in [0.5, 0.6) is 0 Å². The Labute approximate surface area is 130 Å². The molecular weight excluding hydrogens is 254 g/mol. The lowest BCUT2D eigenvalue weighted by Crippen LogP contribution is -2.42. The van der Waals surface area contributed by atoms with E-state index < -0.39 is 0 Å². The summed E-state index contributed by atoms with van der Waals surface area (Å²) in [7, 11) is 0. The van der Waals surface area contributed by atoms with Gasteiger partial charge in [-0.15, -0.1) is 0 Å². The number of hydrogen-bond acceptors (Lipinski definition) is 1. The van der Waals surface area contributed by atoms with Crippen molar-refractivity contribution >= 4 is 0 Å². The molecule has 2 aliphatic rings. The van der Waals surface area contributed by atoms with Crippen LogP contribution in [0.2, 0.25) is 0 Å². The van der Waals surface area contributed by atoms with Crippen LogP contribution in [0.1, 0.15) is 70.9 Å². The van der Waals surface area contributed by atoms with Gasteiger partial charge in [0.1, 0.15) is 0 Å². The van der Waals surface area contributed by atoms with Gasteiger partial charge in [-0.05, 0) is 48.5 Å². The largest absolute Gasteiger partial charge is 0.307 e. The van der Waals surface area contributed by atoms with E-state index in [2.05, 4.69) is 56.4 Å². The lowest BCUT2D eigenvalue weighted by atomic mass is 9.78. The second kappa shape index (κ2) is 6.12. The summed E-state index contributed by atoms with van der Waals surface area (Å²) in [5, 5.41) is 4.02. The molecule has 3 atom stereocenters. The van der Waals surface area contributed by atoms with E-state index in [9.17, 15) is 0 Å². The van der Waals surface area contributed by atoms with Gasteiger partial charge in [0.2, 0.25) is 0 Å². The first-order valence-electron chi connectivity index (χ1n) is 8.85. The highest BCUT2D eigenvalue weighted by molar-refractivity contribution is 5.21. The molecule has 1 N–H and O–H groups in total. The molecule has 0 aliphatic heterocycles. The summed E-state index contributed by atoms with van der Waals surface area (Å²) in [6.45, 7) is 7.08. The van der Waals surface area contributed by atoms with Crippen LogP contribution in [0, 0.1) is 17.3 Å². The number of hydrogen-bond donors (Lipinski definition) is 1. The van der Waals surface area contributed by atoms with Gasteiger partial charge in [-0.3, -0.25) is 0 Å². The zero-order chi connectivity index (χ0) is 14.9. The number of rotatable bonds is 4. The van der Waals surface area contributed by atoms with E-state index in [1.54, 1.807) is 0 Å². The first-order chi connectivity index (χ1) is 10.0. The van der Waals surface area contributed by atoms with Gasteiger partial charge in [0.05, 0.1) is 0 Å². The van der Waals surface area contributed by atoms with E-state index in [0.29, 0.717) is 12.1 Å². The molecule has 0 heterocycles. The van der Waals surface area contributed by atoms with Crippen LogP contribution in [-0.4, -0.2) is 6.04 Å². The summed E-state index contributed by atoms with van der Waals surface area (Å²) in [5.74, 6) is 2.08. The van der Waals surface area contributed by atoms with E-state index in [-0.39, 0.29) is 5.41 Å². The van der Waals surface area contributed by atoms with E-state index >= 15 is 0 Å². The Bertz CT molecular complexity index is 441. The molecule has 0 spiro atoms. The fourth-order valence-electron chi connectivity index (χ4n) is 4.10. The van der Waals surface area contributed by atoms with Crippen molar-refractivity contribution < 1.29 is 0 Å². The molecule has 0 bridgehead atoms. The molecule has 2 aliphatic carbocycles. The molecule has 2 fully saturated rings. The van der Waals surface area contributed by atoms with Gasteiger partial charge in [-0.2, -0.15) is 0 Å². The van der Waals surface area contributed by atoms with Gasteiger partial charge >= 0.3 is 0 Å². The molecule has 0 aromatic heterocycles. The maximum atomic E-state index is 4.02. The monoisotopic (exact) mass is 285 g/mol. The van der Waals surface area contributed by atoms with Crippen molar-refractivity contribution in [1.82, 2.24) is 5.32 Å². The summed E-state index contributed by atoms with van der Waals surface area (Å²) in [6, 6.07) is 12.2. The van der Waals surface area contributed by atoms with Gasteiger partial charge in [-0.25, -0.2) is 0 Å². The molecule has 3 unspecified atom stereocenters. The lowest BCUT2D eigenvalue weighted by molar-refractivity contribution is 0.194. The average molecular weight is 285 g/mol. The predicted octanol–water partition coefficient (Wildman–Crippen LogP) is 5.33. The standard InChI is InChI=1S/C20H31N/c1-20(2,3)19(16-8-5-4-6-9-16)21-18-11-7-10-17(14-18)15-12-13-15/h4-6,8-9,15,17-19,21H,7,10-14H2,1-3H3. The topological polar surface area (TPSA) is 12.0 Å². The Kier molecular flexibility index (Phi) is 4.40. The molecule has 1 aromatic rings. The minimum Gasteiger partial charge on any atom is -0.307 e. The second-order valence-corrected chi connectivity index (χ2v) is 8.34. The van der Waals surface area contributed by atoms with E-state index in [1.807, 2.05) is 0 Å². The second-order valence-electron chi connectivity index (χ2n) is 8.34. The van der Waals surface area contributed by atoms with Crippen molar-refractivity contribution in [3.63, 3.8) is 0 Å². The van der Waals surface area contributed by atoms with Crippen LogP contribution in [0.25, 0.3) is 0 Å². The van der Waals surface area contributed by atoms with Gasteiger partial charge in [0, 0.05) is 12.1 Å². The minimum absolute atomic E-state index is 0.258. The molecular formula is C20H31N. The van der Waals surface area contributed by atoms with E-state index in [4.69, 9.17) is 0 Å². The Morgan fingerprint density at radius 1 is 0.952 bits per heavy atom. The zero-order valence-corrected chi connectivity index (χ0v) is 13.9. The summed E-state index contributed by atoms with van der Waals surface area (Å²) in [4.78, 5) is 0. The van der Waals surface area contributed by atoms with Crippen LogP contribution < -0.4 is 5.32 Å². The molecule has 0 amide bonds. The molecule has 1 aromatic carbocycles. The highest BCUT2D eigenvalue weighted by atomic mass is 15.0. The smallest absolute Gasteiger partial charge is 0.0371 e. The van der Waals surface area contributed by atoms with Gasteiger partial charge in [0.25, 0.3) is 0 Å². The number of benzene rings is 1. The third kappa shape index (κ3) is 3.88. The first-order valence-corrected chi connectivity index (χ1v) is 8.85. The Balaban J connectivity index is 1.69. The highest BCUT2D eigenvalue weighted by Gasteiger charge is 2.36. The zero-order valence-electron chi connectivity index (χ0n) is 13.9. The molecule has 0 radical (unpaired) electrons. The maximum Gasteiger partial charge on any atom is 0.0371 e. The Morgan fingerprint density at radius 3 is 2.29 bits per heavy atom. The van der Waals surface area contributed by atoms with Gasteiger partial charge < -0.3 is 5.32 Å². The predicted molar refractivity (Wildman–Crippen MR) is 90.2 cm³/mol. The van der Waals surface area contributed by atoms with Crippen LogP contribution in [-0.2, 0) is 0 Å². The minimum atomic E-state index is 0.258. The SMILES string of the molecule is CC(C)(C)C(NC1CCCC(C2CC2)C1)c1ccccc1. The van der Waals surface area contributed by atoms with Crippen LogP contribution in [0.15, 0.2) is 30.3 Å². The summed E-state index contributed by atoms with van der Waals surface area (Å²) in [5.41, 5.74) is 1.70. The highest BCUT2D eigenvalue weighted by Crippen LogP contribution is 2.44. The first kappa shape index (κ1) is 15.1. The van der Waals surface area contributed by atoms with Crippen molar-refractivity contribution in [2.75, 3.05) is 0 Å². The number of nitrogens with one attached hydrogen (secondary N) is 1. The van der Waals surface area contributed by atoms with Crippen molar-refractivity contribution in [3.05, 3.63) is 35.9 Å². The third-order valence-electron chi connectivity index (χ3n) is 5.40. The summed E-state index contributed by atoms with van der Waals surface area (Å²) in [6.07, 6.45) is 8.67. The van der Waals surface area contributed by atoms with Crippen LogP contribution in [0.3, 0.4) is 0 Å². The fraction of sp³-hybridized carbons (Fsp3) is 0.700. The summed E-state index contributed by atoms with van der Waals surface area (Å²) < 4.78 is 0.